The summed E-state index contributed by atoms with van der Waals surface area (Å²) in [6.45, 7) is 0.885. The highest BCUT2D eigenvalue weighted by molar-refractivity contribution is 5.97. The third-order valence-electron chi connectivity index (χ3n) is 5.90. The maximum Gasteiger partial charge on any atom is 0.417 e. The summed E-state index contributed by atoms with van der Waals surface area (Å²) < 4.78 is 41.4. The number of hydrogen-bond acceptors (Lipinski definition) is 4. The molecule has 2 aliphatic rings. The number of nitrogens with one attached hydrogen (secondary N) is 1. The molecule has 32 heavy (non-hydrogen) atoms. The SMILES string of the molecule is O=C(NO)c1cccc2c1CN(C1=Nc3cc(C(F)(F)F)c(-c4ccccc4)cc3C1)C2. The lowest BCUT2D eigenvalue weighted by atomic mass is 9.95. The molecule has 0 bridgehead atoms. The molecular formula is C24H18F3N3O2. The third kappa shape index (κ3) is 3.42. The van der Waals surface area contributed by atoms with Gasteiger partial charge in [-0.1, -0.05) is 42.5 Å². The highest BCUT2D eigenvalue weighted by Crippen LogP contribution is 2.43. The molecule has 1 amide bonds. The van der Waals surface area contributed by atoms with Crippen molar-refractivity contribution < 1.29 is 23.2 Å². The number of hydrogen-bond donors (Lipinski definition) is 2. The number of aliphatic imine (C=N–C) groups is 1. The van der Waals surface area contributed by atoms with Crippen LogP contribution in [0.25, 0.3) is 11.1 Å². The van der Waals surface area contributed by atoms with Gasteiger partial charge in [0.2, 0.25) is 0 Å². The number of amides is 1. The molecule has 3 aromatic carbocycles. The largest absolute Gasteiger partial charge is 0.417 e. The van der Waals surface area contributed by atoms with E-state index in [1.54, 1.807) is 54.0 Å². The Morgan fingerprint density at radius 3 is 2.50 bits per heavy atom. The van der Waals surface area contributed by atoms with Crippen LogP contribution in [0.15, 0.2) is 65.7 Å². The number of carbonyl (C=O) groups is 1. The lowest BCUT2D eigenvalue weighted by molar-refractivity contribution is -0.137. The minimum absolute atomic E-state index is 0.139. The van der Waals surface area contributed by atoms with Crippen LogP contribution in [0, 0.1) is 0 Å². The highest BCUT2D eigenvalue weighted by atomic mass is 19.4. The Bertz CT molecular complexity index is 1250. The van der Waals surface area contributed by atoms with Crippen LogP contribution in [0.1, 0.15) is 32.6 Å². The molecule has 5 rings (SSSR count). The Morgan fingerprint density at radius 2 is 1.78 bits per heavy atom. The van der Waals surface area contributed by atoms with Crippen molar-refractivity contribution in [3.8, 4) is 11.1 Å². The summed E-state index contributed by atoms with van der Waals surface area (Å²) in [7, 11) is 0. The highest BCUT2D eigenvalue weighted by Gasteiger charge is 2.36. The Kier molecular flexibility index (Phi) is 4.74. The molecule has 3 aromatic rings. The first-order valence-electron chi connectivity index (χ1n) is 10.0. The van der Waals surface area contributed by atoms with Crippen molar-refractivity contribution in [2.45, 2.75) is 25.7 Å². The van der Waals surface area contributed by atoms with E-state index in [0.29, 0.717) is 42.2 Å². The maximum atomic E-state index is 13.8. The minimum atomic E-state index is -4.51. The van der Waals surface area contributed by atoms with E-state index in [1.807, 2.05) is 11.0 Å². The van der Waals surface area contributed by atoms with Crippen molar-refractivity contribution in [2.24, 2.45) is 4.99 Å². The van der Waals surface area contributed by atoms with Crippen LogP contribution in [-0.4, -0.2) is 21.8 Å². The van der Waals surface area contributed by atoms with E-state index in [-0.39, 0.29) is 5.56 Å². The number of carbonyl (C=O) groups excluding carboxylic acids is 1. The molecule has 0 spiro atoms. The number of fused-ring (bicyclic) bond motifs is 2. The van der Waals surface area contributed by atoms with E-state index in [9.17, 15) is 18.0 Å². The average molecular weight is 437 g/mol. The Hall–Kier alpha value is -3.65. The van der Waals surface area contributed by atoms with Gasteiger partial charge in [0.1, 0.15) is 5.84 Å². The number of nitrogens with zero attached hydrogens (tertiary/aromatic N) is 2. The molecule has 0 saturated heterocycles. The zero-order valence-corrected chi connectivity index (χ0v) is 16.8. The van der Waals surface area contributed by atoms with Crippen LogP contribution in [0.2, 0.25) is 0 Å². The number of rotatable bonds is 2. The summed E-state index contributed by atoms with van der Waals surface area (Å²) in [5, 5.41) is 9.00. The van der Waals surface area contributed by atoms with Gasteiger partial charge < -0.3 is 4.90 Å². The minimum Gasteiger partial charge on any atom is -0.351 e. The van der Waals surface area contributed by atoms with Crippen molar-refractivity contribution in [3.05, 3.63) is 88.5 Å². The van der Waals surface area contributed by atoms with Crippen molar-refractivity contribution in [1.82, 2.24) is 10.4 Å². The summed E-state index contributed by atoms with van der Waals surface area (Å²) in [6.07, 6.45) is -4.10. The molecule has 0 aromatic heterocycles. The second-order valence-electron chi connectivity index (χ2n) is 7.84. The van der Waals surface area contributed by atoms with Crippen LogP contribution in [0.4, 0.5) is 18.9 Å². The zero-order chi connectivity index (χ0) is 22.5. The normalized spacial score (nSPS) is 14.8. The van der Waals surface area contributed by atoms with Crippen LogP contribution >= 0.6 is 0 Å². The monoisotopic (exact) mass is 437 g/mol. The fraction of sp³-hybridized carbons (Fsp3) is 0.167. The molecule has 0 radical (unpaired) electrons. The fourth-order valence-corrected chi connectivity index (χ4v) is 4.38. The fourth-order valence-electron chi connectivity index (χ4n) is 4.38. The number of hydroxylamine groups is 1. The predicted octanol–water partition coefficient (Wildman–Crippen LogP) is 5.09. The standard InChI is InChI=1S/C24H18F3N3O2/c25-24(26,27)20-11-21-16(9-18(20)14-5-2-1-3-6-14)10-22(28-21)30-12-15-7-4-8-17(19(15)13-30)23(31)29-32/h1-9,11,32H,10,12-13H2,(H,29,31). The molecule has 0 saturated carbocycles. The van der Waals surface area contributed by atoms with E-state index in [4.69, 9.17) is 5.21 Å². The topological polar surface area (TPSA) is 64.9 Å². The van der Waals surface area contributed by atoms with Gasteiger partial charge in [-0.25, -0.2) is 10.5 Å². The molecule has 162 valence electrons. The Labute approximate surface area is 181 Å². The van der Waals surface area contributed by atoms with E-state index in [1.165, 1.54) is 0 Å². The molecule has 2 N–H and O–H groups in total. The van der Waals surface area contributed by atoms with Crippen LogP contribution in [0.5, 0.6) is 0 Å². The molecule has 0 atom stereocenters. The zero-order valence-electron chi connectivity index (χ0n) is 16.8. The van der Waals surface area contributed by atoms with Gasteiger partial charge in [-0.2, -0.15) is 13.2 Å². The number of halogens is 3. The van der Waals surface area contributed by atoms with Gasteiger partial charge in [-0.05, 0) is 46.0 Å². The number of amidine groups is 1. The van der Waals surface area contributed by atoms with Gasteiger partial charge in [0.15, 0.2) is 0 Å². The van der Waals surface area contributed by atoms with Gasteiger partial charge in [0.25, 0.3) is 5.91 Å². The Balaban J connectivity index is 1.49. The van der Waals surface area contributed by atoms with E-state index in [2.05, 4.69) is 4.99 Å². The maximum absolute atomic E-state index is 13.8. The molecule has 8 heteroatoms. The molecule has 5 nitrogen and oxygen atoms in total. The van der Waals surface area contributed by atoms with Crippen molar-refractivity contribution in [3.63, 3.8) is 0 Å². The first-order valence-corrected chi connectivity index (χ1v) is 10.0. The van der Waals surface area contributed by atoms with Gasteiger partial charge in [0, 0.05) is 25.1 Å². The summed E-state index contributed by atoms with van der Waals surface area (Å²) in [6, 6.07) is 16.5. The average Bonchev–Trinajstić information content (AvgIpc) is 3.41. The van der Waals surface area contributed by atoms with Crippen molar-refractivity contribution >= 4 is 17.4 Å². The van der Waals surface area contributed by atoms with Crippen LogP contribution in [0.3, 0.4) is 0 Å². The Morgan fingerprint density at radius 1 is 1.00 bits per heavy atom. The van der Waals surface area contributed by atoms with Gasteiger partial charge >= 0.3 is 6.18 Å². The summed E-state index contributed by atoms with van der Waals surface area (Å²) in [5.74, 6) is 0.0626. The van der Waals surface area contributed by atoms with Crippen molar-refractivity contribution in [2.75, 3.05) is 0 Å². The summed E-state index contributed by atoms with van der Waals surface area (Å²) >= 11 is 0. The number of benzene rings is 3. The molecular weight excluding hydrogens is 419 g/mol. The molecule has 0 fully saturated rings. The smallest absolute Gasteiger partial charge is 0.351 e. The van der Waals surface area contributed by atoms with E-state index >= 15 is 0 Å². The molecule has 0 aliphatic carbocycles. The lowest BCUT2D eigenvalue weighted by Crippen LogP contribution is -2.26. The van der Waals surface area contributed by atoms with Gasteiger partial charge in [-0.15, -0.1) is 0 Å². The van der Waals surface area contributed by atoms with Gasteiger partial charge in [-0.3, -0.25) is 10.0 Å². The van der Waals surface area contributed by atoms with Crippen LogP contribution in [-0.2, 0) is 25.7 Å². The summed E-state index contributed by atoms with van der Waals surface area (Å²) in [4.78, 5) is 18.4. The van der Waals surface area contributed by atoms with Gasteiger partial charge in [0.05, 0.1) is 11.3 Å². The lowest BCUT2D eigenvalue weighted by Gasteiger charge is -2.17. The molecule has 0 unspecified atom stereocenters. The van der Waals surface area contributed by atoms with Crippen molar-refractivity contribution in [1.29, 1.82) is 0 Å². The van der Waals surface area contributed by atoms with Crippen LogP contribution < -0.4 is 5.48 Å². The molecule has 2 aliphatic heterocycles. The predicted molar refractivity (Wildman–Crippen MR) is 113 cm³/mol. The first kappa shape index (κ1) is 20.3. The van der Waals surface area contributed by atoms with E-state index < -0.39 is 17.6 Å². The second-order valence-corrected chi connectivity index (χ2v) is 7.84. The second kappa shape index (κ2) is 7.49. The third-order valence-corrected chi connectivity index (χ3v) is 5.90. The summed E-state index contributed by atoms with van der Waals surface area (Å²) in [5.41, 5.74) is 4.71. The first-order chi connectivity index (χ1) is 15.3. The van der Waals surface area contributed by atoms with E-state index in [0.717, 1.165) is 22.8 Å². The quantitative estimate of drug-likeness (QED) is 0.433. The molecule has 2 heterocycles. The number of alkyl halides is 3.